The van der Waals surface area contributed by atoms with E-state index in [4.69, 9.17) is 9.47 Å². The number of para-hydroxylation sites is 1. The number of rotatable bonds is 5. The number of aromatic nitrogens is 3. The number of benzene rings is 3. The van der Waals surface area contributed by atoms with Crippen molar-refractivity contribution in [2.75, 3.05) is 19.1 Å². The van der Waals surface area contributed by atoms with Gasteiger partial charge in [0.05, 0.1) is 31.9 Å². The number of nitrogens with zero attached hydrogens (tertiary/aromatic N) is 4. The molecule has 0 saturated carbocycles. The number of ether oxygens (including phenoxy) is 2. The Morgan fingerprint density at radius 1 is 0.882 bits per heavy atom. The van der Waals surface area contributed by atoms with Gasteiger partial charge in [-0.3, -0.25) is 9.69 Å². The molecule has 0 unspecified atom stereocenters. The Morgan fingerprint density at radius 2 is 1.56 bits per heavy atom. The van der Waals surface area contributed by atoms with E-state index in [1.807, 2.05) is 41.1 Å². The maximum Gasteiger partial charge on any atom is 0.264 e. The molecule has 0 aliphatic carbocycles. The number of aryl methyl sites for hydroxylation is 1. The molecule has 1 aliphatic heterocycles. The molecule has 0 saturated heterocycles. The summed E-state index contributed by atoms with van der Waals surface area (Å²) in [5, 5.41) is 4.52. The lowest BCUT2D eigenvalue weighted by molar-refractivity contribution is 0.0960. The highest BCUT2D eigenvalue weighted by Crippen LogP contribution is 2.43. The molecule has 1 aromatic heterocycles. The molecular weight excluding hydrogens is 428 g/mol. The van der Waals surface area contributed by atoms with E-state index in [1.54, 1.807) is 31.3 Å². The average molecular weight is 455 g/mol. The first-order chi connectivity index (χ1) is 16.6. The Hall–Kier alpha value is -4.13. The van der Waals surface area contributed by atoms with E-state index in [1.165, 1.54) is 11.9 Å². The molecule has 4 aromatic rings. The zero-order valence-corrected chi connectivity index (χ0v) is 19.4. The quantitative estimate of drug-likeness (QED) is 0.425. The molecule has 0 spiro atoms. The van der Waals surface area contributed by atoms with Crippen molar-refractivity contribution in [3.8, 4) is 11.5 Å². The van der Waals surface area contributed by atoms with Crippen molar-refractivity contribution in [3.63, 3.8) is 0 Å². The van der Waals surface area contributed by atoms with Gasteiger partial charge in [0.25, 0.3) is 5.91 Å². The van der Waals surface area contributed by atoms with E-state index in [-0.39, 0.29) is 18.0 Å². The molecule has 7 heteroatoms. The number of fused-ring (bicyclic) bond motifs is 1. The summed E-state index contributed by atoms with van der Waals surface area (Å²) in [6, 6.07) is 23.2. The third-order valence-electron chi connectivity index (χ3n) is 6.34. The number of anilines is 1. The van der Waals surface area contributed by atoms with Gasteiger partial charge in [-0.15, -0.1) is 0 Å². The summed E-state index contributed by atoms with van der Waals surface area (Å²) in [5.74, 6) is 1.61. The molecule has 0 N–H and O–H groups in total. The van der Waals surface area contributed by atoms with Crippen LogP contribution in [0.25, 0.3) is 0 Å². The summed E-state index contributed by atoms with van der Waals surface area (Å²) in [6.07, 6.45) is 2.15. The minimum atomic E-state index is -0.258. The fraction of sp³-hybridized carbons (Fsp3) is 0.222. The van der Waals surface area contributed by atoms with Crippen molar-refractivity contribution in [3.05, 3.63) is 101 Å². The molecule has 172 valence electrons. The summed E-state index contributed by atoms with van der Waals surface area (Å²) in [6.45, 7) is 2.07. The van der Waals surface area contributed by atoms with Crippen LogP contribution in [0.5, 0.6) is 11.5 Å². The first-order valence-corrected chi connectivity index (χ1v) is 11.2. The van der Waals surface area contributed by atoms with Crippen LogP contribution in [0.3, 0.4) is 0 Å². The lowest BCUT2D eigenvalue weighted by Gasteiger charge is -2.39. The zero-order chi connectivity index (χ0) is 23.7. The summed E-state index contributed by atoms with van der Waals surface area (Å²) >= 11 is 0. The molecule has 2 heterocycles. The van der Waals surface area contributed by atoms with E-state index in [9.17, 15) is 4.79 Å². The van der Waals surface area contributed by atoms with Crippen molar-refractivity contribution in [1.82, 2.24) is 14.8 Å². The van der Waals surface area contributed by atoms with Crippen molar-refractivity contribution >= 4 is 11.9 Å². The van der Waals surface area contributed by atoms with Gasteiger partial charge in [0.1, 0.15) is 17.8 Å². The zero-order valence-electron chi connectivity index (χ0n) is 19.4. The Kier molecular flexibility index (Phi) is 5.76. The van der Waals surface area contributed by atoms with Gasteiger partial charge < -0.3 is 9.47 Å². The number of hydrogen-bond acceptors (Lipinski definition) is 5. The Bertz CT molecular complexity index is 1300. The fourth-order valence-corrected chi connectivity index (χ4v) is 4.55. The van der Waals surface area contributed by atoms with Crippen molar-refractivity contribution in [2.24, 2.45) is 0 Å². The first-order valence-electron chi connectivity index (χ1n) is 11.2. The topological polar surface area (TPSA) is 69.5 Å². The molecule has 2 atom stereocenters. The Morgan fingerprint density at radius 3 is 2.26 bits per heavy atom. The predicted octanol–water partition coefficient (Wildman–Crippen LogP) is 4.98. The van der Waals surface area contributed by atoms with Crippen LogP contribution in [0, 0.1) is 6.92 Å². The minimum absolute atomic E-state index is 0.0630. The van der Waals surface area contributed by atoms with Crippen LogP contribution in [0.2, 0.25) is 0 Å². The fourth-order valence-electron chi connectivity index (χ4n) is 4.55. The number of carbonyl (C=O) groups is 1. The molecule has 1 aliphatic rings. The molecule has 0 radical (unpaired) electrons. The summed E-state index contributed by atoms with van der Waals surface area (Å²) < 4.78 is 12.7. The highest BCUT2D eigenvalue weighted by molar-refractivity contribution is 6.07. The molecule has 5 rings (SSSR count). The number of carbonyl (C=O) groups excluding carboxylic acids is 1. The van der Waals surface area contributed by atoms with Gasteiger partial charge >= 0.3 is 0 Å². The third-order valence-corrected chi connectivity index (χ3v) is 6.34. The molecule has 3 aromatic carbocycles. The molecule has 0 fully saturated rings. The SMILES string of the molecule is COc1ccc([C@@H]2C[C@H](c3ccc(C)cc3)n3ncnc3N2C(=O)c2ccccc2OC)cc1. The second-order valence-electron chi connectivity index (χ2n) is 8.33. The lowest BCUT2D eigenvalue weighted by Crippen LogP contribution is -2.42. The molecule has 34 heavy (non-hydrogen) atoms. The van der Waals surface area contributed by atoms with Crippen LogP contribution >= 0.6 is 0 Å². The van der Waals surface area contributed by atoms with Gasteiger partial charge in [-0.1, -0.05) is 54.1 Å². The number of amides is 1. The van der Waals surface area contributed by atoms with Crippen LogP contribution in [-0.4, -0.2) is 34.9 Å². The van der Waals surface area contributed by atoms with E-state index < -0.39 is 0 Å². The van der Waals surface area contributed by atoms with Gasteiger partial charge in [0.2, 0.25) is 5.95 Å². The van der Waals surface area contributed by atoms with Crippen molar-refractivity contribution in [2.45, 2.75) is 25.4 Å². The van der Waals surface area contributed by atoms with E-state index >= 15 is 0 Å². The van der Waals surface area contributed by atoms with Crippen LogP contribution in [0.1, 0.15) is 45.6 Å². The van der Waals surface area contributed by atoms with Gasteiger partial charge in [0.15, 0.2) is 0 Å². The molecule has 0 bridgehead atoms. The van der Waals surface area contributed by atoms with E-state index in [0.29, 0.717) is 23.7 Å². The molecular formula is C27H26N4O3. The Balaban J connectivity index is 1.65. The highest BCUT2D eigenvalue weighted by Gasteiger charge is 2.40. The number of methoxy groups -OCH3 is 2. The number of hydrogen-bond donors (Lipinski definition) is 0. The second-order valence-corrected chi connectivity index (χ2v) is 8.33. The summed E-state index contributed by atoms with van der Waals surface area (Å²) in [5.41, 5.74) is 3.79. The van der Waals surface area contributed by atoms with E-state index in [2.05, 4.69) is 41.3 Å². The molecule has 7 nitrogen and oxygen atoms in total. The van der Waals surface area contributed by atoms with Crippen molar-refractivity contribution < 1.29 is 14.3 Å². The monoisotopic (exact) mass is 454 g/mol. The van der Waals surface area contributed by atoms with Gasteiger partial charge in [0, 0.05) is 0 Å². The highest BCUT2D eigenvalue weighted by atomic mass is 16.5. The van der Waals surface area contributed by atoms with E-state index in [0.717, 1.165) is 16.9 Å². The largest absolute Gasteiger partial charge is 0.497 e. The van der Waals surface area contributed by atoms with Gasteiger partial charge in [-0.2, -0.15) is 10.1 Å². The third kappa shape index (κ3) is 3.79. The second kappa shape index (κ2) is 9.02. The summed E-state index contributed by atoms with van der Waals surface area (Å²) in [4.78, 5) is 20.2. The van der Waals surface area contributed by atoms with Crippen LogP contribution in [0.4, 0.5) is 5.95 Å². The van der Waals surface area contributed by atoms with Crippen LogP contribution in [-0.2, 0) is 0 Å². The van der Waals surface area contributed by atoms with Crippen LogP contribution in [0.15, 0.2) is 79.1 Å². The predicted molar refractivity (Wildman–Crippen MR) is 129 cm³/mol. The lowest BCUT2D eigenvalue weighted by atomic mass is 9.91. The van der Waals surface area contributed by atoms with Crippen LogP contribution < -0.4 is 14.4 Å². The maximum atomic E-state index is 14.0. The smallest absolute Gasteiger partial charge is 0.264 e. The summed E-state index contributed by atoms with van der Waals surface area (Å²) in [7, 11) is 3.21. The maximum absolute atomic E-state index is 14.0. The Labute approximate surface area is 198 Å². The van der Waals surface area contributed by atoms with Gasteiger partial charge in [-0.05, 0) is 48.7 Å². The standard InChI is InChI=1S/C27H26N4O3/c1-18-8-10-20(11-9-18)24-16-23(19-12-14-21(33-2)15-13-19)30(27-28-17-29-31(24)27)26(32)22-6-4-5-7-25(22)34-3/h4-15,17,23-24H,16H2,1-3H3/t23-,24+/m0/s1. The molecule has 1 amide bonds. The van der Waals surface area contributed by atoms with Gasteiger partial charge in [-0.25, -0.2) is 4.68 Å². The first kappa shape index (κ1) is 21.7. The minimum Gasteiger partial charge on any atom is -0.497 e. The van der Waals surface area contributed by atoms with Crippen molar-refractivity contribution in [1.29, 1.82) is 0 Å². The normalized spacial score (nSPS) is 17.2. The average Bonchev–Trinajstić information content (AvgIpc) is 3.38.